The number of nitrogens with one attached hydrogen (secondary N) is 1. The first-order chi connectivity index (χ1) is 13.4. The lowest BCUT2D eigenvalue weighted by Crippen LogP contribution is -2.48. The molecule has 28 heavy (non-hydrogen) atoms. The maximum absolute atomic E-state index is 13.2. The number of nitriles is 1. The molecular weight excluding hydrogens is 364 g/mol. The van der Waals surface area contributed by atoms with E-state index in [-0.39, 0.29) is 6.61 Å². The van der Waals surface area contributed by atoms with Crippen LogP contribution in [0.3, 0.4) is 0 Å². The van der Waals surface area contributed by atoms with Crippen LogP contribution in [0.15, 0.2) is 42.9 Å². The van der Waals surface area contributed by atoms with Gasteiger partial charge in [0.05, 0.1) is 24.2 Å². The molecule has 0 aliphatic heterocycles. The normalized spacial score (nSPS) is 16.8. The summed E-state index contributed by atoms with van der Waals surface area (Å²) in [5, 5.41) is 14.1. The number of nitrogens with zero attached hydrogens (tertiary/aromatic N) is 4. The van der Waals surface area contributed by atoms with E-state index in [0.29, 0.717) is 23.1 Å². The molecule has 0 spiro atoms. The monoisotopic (exact) mass is 381 g/mol. The summed E-state index contributed by atoms with van der Waals surface area (Å²) in [4.78, 5) is 12.7. The lowest BCUT2D eigenvalue weighted by molar-refractivity contribution is -0.148. The number of hydrogen-bond acceptors (Lipinski definition) is 6. The molecule has 1 aliphatic carbocycles. The number of benzene rings is 1. The van der Waals surface area contributed by atoms with Crippen molar-refractivity contribution in [1.82, 2.24) is 15.0 Å². The van der Waals surface area contributed by atoms with E-state index in [9.17, 15) is 14.0 Å². The van der Waals surface area contributed by atoms with Crippen LogP contribution < -0.4 is 10.1 Å². The fourth-order valence-corrected chi connectivity index (χ4v) is 3.31. The van der Waals surface area contributed by atoms with Gasteiger partial charge >= 0.3 is 0 Å². The molecule has 4 rings (SSSR count). The number of aryl methyl sites for hydroxylation is 1. The number of rotatable bonds is 5. The van der Waals surface area contributed by atoms with E-state index in [1.54, 1.807) is 30.7 Å². The molecule has 0 atom stereocenters. The van der Waals surface area contributed by atoms with Gasteiger partial charge in [-0.2, -0.15) is 5.26 Å². The van der Waals surface area contributed by atoms with Gasteiger partial charge in [-0.25, -0.2) is 23.7 Å². The summed E-state index contributed by atoms with van der Waals surface area (Å²) >= 11 is 0. The summed E-state index contributed by atoms with van der Waals surface area (Å²) in [6.45, 7) is 1.75. The lowest BCUT2D eigenvalue weighted by Gasteiger charge is -2.41. The summed E-state index contributed by atoms with van der Waals surface area (Å²) in [5.41, 5.74) is -0.401. The molecule has 1 aliphatic rings. The Bertz CT molecular complexity index is 1050. The van der Waals surface area contributed by atoms with Gasteiger partial charge in [-0.1, -0.05) is 0 Å². The molecule has 0 radical (unpaired) electrons. The molecule has 8 heteroatoms. The maximum Gasteiger partial charge on any atom is 0.251 e. The minimum absolute atomic E-state index is 0.0541. The Labute approximate surface area is 160 Å². The molecular formula is C20H17F2N5O. The second-order valence-corrected chi connectivity index (χ2v) is 7.08. The molecule has 0 saturated heterocycles. The first kappa shape index (κ1) is 18.0. The molecule has 0 bridgehead atoms. The van der Waals surface area contributed by atoms with Gasteiger partial charge in [0.25, 0.3) is 5.92 Å². The van der Waals surface area contributed by atoms with Crippen molar-refractivity contribution in [3.8, 4) is 11.8 Å². The molecule has 1 aromatic carbocycles. The largest absolute Gasteiger partial charge is 0.492 e. The predicted molar refractivity (Wildman–Crippen MR) is 99.5 cm³/mol. The number of alkyl halides is 2. The van der Waals surface area contributed by atoms with E-state index in [2.05, 4.69) is 20.3 Å². The number of fused-ring (bicyclic) bond motifs is 1. The van der Waals surface area contributed by atoms with Crippen molar-refractivity contribution < 1.29 is 13.5 Å². The topological polar surface area (TPSA) is 83.7 Å². The second-order valence-electron chi connectivity index (χ2n) is 7.08. The molecule has 1 saturated carbocycles. The van der Waals surface area contributed by atoms with Crippen LogP contribution in [0.5, 0.6) is 5.75 Å². The molecule has 0 unspecified atom stereocenters. The number of anilines is 2. The first-order valence-corrected chi connectivity index (χ1v) is 8.74. The predicted octanol–water partition coefficient (Wildman–Crippen LogP) is 4.39. The van der Waals surface area contributed by atoms with Crippen LogP contribution in [0.25, 0.3) is 10.8 Å². The Morgan fingerprint density at radius 2 is 1.93 bits per heavy atom. The molecule has 2 heterocycles. The Kier molecular flexibility index (Phi) is 4.30. The fraction of sp³-hybridized carbons (Fsp3) is 0.300. The minimum atomic E-state index is -2.77. The zero-order valence-corrected chi connectivity index (χ0v) is 15.1. The van der Waals surface area contributed by atoms with E-state index < -0.39 is 24.2 Å². The van der Waals surface area contributed by atoms with Crippen molar-refractivity contribution in [1.29, 1.82) is 5.26 Å². The smallest absolute Gasteiger partial charge is 0.251 e. The summed E-state index contributed by atoms with van der Waals surface area (Å²) in [6, 6.07) is 9.19. The van der Waals surface area contributed by atoms with Crippen LogP contribution >= 0.6 is 0 Å². The first-order valence-electron chi connectivity index (χ1n) is 8.74. The highest BCUT2D eigenvalue weighted by atomic mass is 19.3. The molecule has 1 fully saturated rings. The highest BCUT2D eigenvalue weighted by molar-refractivity contribution is 5.93. The summed E-state index contributed by atoms with van der Waals surface area (Å²) in [5.74, 6) is -0.927. The van der Waals surface area contributed by atoms with Crippen LogP contribution in [0, 0.1) is 23.7 Å². The third-order valence-corrected chi connectivity index (χ3v) is 4.73. The number of ether oxygens (including phenoxy) is 1. The quantitative estimate of drug-likeness (QED) is 0.705. The maximum atomic E-state index is 13.2. The van der Waals surface area contributed by atoms with Gasteiger partial charge in [0.2, 0.25) is 0 Å². The summed E-state index contributed by atoms with van der Waals surface area (Å²) < 4.78 is 32.0. The third-order valence-electron chi connectivity index (χ3n) is 4.73. The lowest BCUT2D eigenvalue weighted by atomic mass is 9.67. The van der Waals surface area contributed by atoms with Crippen molar-refractivity contribution in [3.05, 3.63) is 48.7 Å². The van der Waals surface area contributed by atoms with E-state index in [1.165, 1.54) is 0 Å². The Balaban J connectivity index is 1.52. The van der Waals surface area contributed by atoms with Crippen molar-refractivity contribution in [2.45, 2.75) is 25.7 Å². The number of pyridine rings is 1. The number of hydrogen-bond donors (Lipinski definition) is 1. The van der Waals surface area contributed by atoms with Gasteiger partial charge in [-0.15, -0.1) is 0 Å². The van der Waals surface area contributed by atoms with Crippen LogP contribution in [0.4, 0.5) is 20.3 Å². The van der Waals surface area contributed by atoms with E-state index >= 15 is 0 Å². The van der Waals surface area contributed by atoms with Gasteiger partial charge in [-0.05, 0) is 36.6 Å². The van der Waals surface area contributed by atoms with Crippen LogP contribution in [-0.2, 0) is 0 Å². The van der Waals surface area contributed by atoms with Gasteiger partial charge < -0.3 is 10.1 Å². The van der Waals surface area contributed by atoms with E-state index in [0.717, 1.165) is 10.8 Å². The van der Waals surface area contributed by atoms with Crippen molar-refractivity contribution >= 4 is 22.3 Å². The van der Waals surface area contributed by atoms with Gasteiger partial charge in [0.1, 0.15) is 29.4 Å². The van der Waals surface area contributed by atoms with Gasteiger partial charge in [0.15, 0.2) is 0 Å². The second kappa shape index (κ2) is 6.68. The average molecular weight is 381 g/mol. The van der Waals surface area contributed by atoms with Crippen LogP contribution in [-0.4, -0.2) is 27.5 Å². The minimum Gasteiger partial charge on any atom is -0.492 e. The molecule has 142 valence electrons. The molecule has 3 aromatic rings. The fourth-order valence-electron chi connectivity index (χ4n) is 3.31. The Hall–Kier alpha value is -3.34. The van der Waals surface area contributed by atoms with Gasteiger partial charge in [0, 0.05) is 24.4 Å². The summed E-state index contributed by atoms with van der Waals surface area (Å²) in [6.07, 6.45) is 4.10. The van der Waals surface area contributed by atoms with Crippen molar-refractivity contribution in [2.24, 2.45) is 5.41 Å². The number of halogens is 2. The third kappa shape index (κ3) is 3.56. The molecule has 1 N–H and O–H groups in total. The van der Waals surface area contributed by atoms with Crippen LogP contribution in [0.1, 0.15) is 18.7 Å². The van der Waals surface area contributed by atoms with E-state index in [4.69, 9.17) is 4.74 Å². The highest BCUT2D eigenvalue weighted by Crippen LogP contribution is 2.51. The van der Waals surface area contributed by atoms with Crippen molar-refractivity contribution in [3.63, 3.8) is 0 Å². The Morgan fingerprint density at radius 3 is 2.61 bits per heavy atom. The SMILES string of the molecule is Cc1ncc(Nc2nccc3cc(OCC4(C#N)CC(F)(F)C4)ccc23)cn1. The standard InChI is InChI=1S/C20H17F2N5O/c1-13-25-7-15(8-26-13)27-18-17-3-2-16(6-14(17)4-5-24-18)28-12-19(11-23)9-20(21,22)10-19/h2-8H,9-10,12H2,1H3,(H,24,27). The van der Waals surface area contributed by atoms with Crippen LogP contribution in [0.2, 0.25) is 0 Å². The molecule has 2 aromatic heterocycles. The average Bonchev–Trinajstić information content (AvgIpc) is 2.66. The van der Waals surface area contributed by atoms with E-state index in [1.807, 2.05) is 25.1 Å². The molecule has 0 amide bonds. The highest BCUT2D eigenvalue weighted by Gasteiger charge is 2.57. The van der Waals surface area contributed by atoms with Crippen molar-refractivity contribution in [2.75, 3.05) is 11.9 Å². The summed E-state index contributed by atoms with van der Waals surface area (Å²) in [7, 11) is 0. The zero-order chi connectivity index (χ0) is 19.8. The number of aromatic nitrogens is 3. The Morgan fingerprint density at radius 1 is 1.18 bits per heavy atom. The van der Waals surface area contributed by atoms with Gasteiger partial charge in [-0.3, -0.25) is 0 Å². The molecule has 6 nitrogen and oxygen atoms in total. The zero-order valence-electron chi connectivity index (χ0n) is 15.1.